The summed E-state index contributed by atoms with van der Waals surface area (Å²) in [7, 11) is 0. The van der Waals surface area contributed by atoms with Gasteiger partial charge in [-0.25, -0.2) is 0 Å². The van der Waals surface area contributed by atoms with E-state index in [1.807, 2.05) is 0 Å². The molecule has 1 aliphatic heterocycles. The van der Waals surface area contributed by atoms with Gasteiger partial charge in [-0.3, -0.25) is 4.79 Å². The van der Waals surface area contributed by atoms with E-state index in [1.165, 1.54) is 6.07 Å². The van der Waals surface area contributed by atoms with Gasteiger partial charge in [0.2, 0.25) is 6.79 Å². The van der Waals surface area contributed by atoms with Gasteiger partial charge in [0.05, 0.1) is 23.2 Å². The Labute approximate surface area is 96.7 Å². The number of benzene rings is 1. The number of halogens is 1. The number of carbonyl (C=O) groups is 1. The highest BCUT2D eigenvalue weighted by Crippen LogP contribution is 2.43. The number of aliphatic hydroxyl groups excluding tert-OH is 1. The number of hydrogen-bond donors (Lipinski definition) is 2. The number of nitrogens with two attached hydrogens (primary N) is 1. The number of aldehydes is 1. The third-order valence-corrected chi connectivity index (χ3v) is 2.69. The van der Waals surface area contributed by atoms with Gasteiger partial charge in [0, 0.05) is 5.56 Å². The van der Waals surface area contributed by atoms with Crippen molar-refractivity contribution in [3.05, 3.63) is 22.2 Å². The van der Waals surface area contributed by atoms with Crippen LogP contribution in [0.5, 0.6) is 11.5 Å². The molecule has 3 N–H and O–H groups in total. The van der Waals surface area contributed by atoms with Crippen LogP contribution in [0.2, 0.25) is 5.02 Å². The van der Waals surface area contributed by atoms with Gasteiger partial charge in [-0.1, -0.05) is 11.6 Å². The van der Waals surface area contributed by atoms with Crippen LogP contribution in [-0.4, -0.2) is 24.8 Å². The molecule has 0 aromatic heterocycles. The van der Waals surface area contributed by atoms with Crippen LogP contribution in [0.15, 0.2) is 6.07 Å². The lowest BCUT2D eigenvalue weighted by Crippen LogP contribution is -2.15. The molecule has 0 fully saturated rings. The van der Waals surface area contributed by atoms with Crippen LogP contribution >= 0.6 is 11.6 Å². The van der Waals surface area contributed by atoms with Gasteiger partial charge < -0.3 is 20.3 Å². The molecular formula is C10H10ClNO4. The Morgan fingerprint density at radius 1 is 1.56 bits per heavy atom. The number of ether oxygens (including phenoxy) is 2. The predicted molar refractivity (Wildman–Crippen MR) is 57.0 cm³/mol. The Bertz CT molecular complexity index is 435. The lowest BCUT2D eigenvalue weighted by atomic mass is 10.0. The number of rotatable bonds is 3. The first-order valence-corrected chi connectivity index (χ1v) is 5.00. The molecule has 0 amide bonds. The SMILES string of the molecule is NC(CO)c1cc(Cl)c(C=O)c2c1OCO2. The molecular weight excluding hydrogens is 234 g/mol. The van der Waals surface area contributed by atoms with Crippen LogP contribution in [0, 0.1) is 0 Å². The fourth-order valence-electron chi connectivity index (χ4n) is 1.56. The third-order valence-electron chi connectivity index (χ3n) is 2.37. The van der Waals surface area contributed by atoms with Gasteiger partial charge in [0.25, 0.3) is 0 Å². The third kappa shape index (κ3) is 1.63. The molecule has 1 heterocycles. The standard InChI is InChI=1S/C10H10ClNO4/c11-7-1-5(8(12)3-14)9-10(6(7)2-13)16-4-15-9/h1-2,8,14H,3-4,12H2. The lowest BCUT2D eigenvalue weighted by molar-refractivity contribution is 0.111. The van der Waals surface area contributed by atoms with Crippen LogP contribution in [-0.2, 0) is 0 Å². The maximum atomic E-state index is 10.8. The van der Waals surface area contributed by atoms with Crippen molar-refractivity contribution in [2.24, 2.45) is 5.73 Å². The quantitative estimate of drug-likeness (QED) is 0.770. The van der Waals surface area contributed by atoms with E-state index in [2.05, 4.69) is 0 Å². The smallest absolute Gasteiger partial charge is 0.231 e. The molecule has 16 heavy (non-hydrogen) atoms. The van der Waals surface area contributed by atoms with Crippen LogP contribution in [0.3, 0.4) is 0 Å². The molecule has 0 bridgehead atoms. The van der Waals surface area contributed by atoms with Crippen molar-refractivity contribution in [3.8, 4) is 11.5 Å². The minimum Gasteiger partial charge on any atom is -0.453 e. The molecule has 0 radical (unpaired) electrons. The average Bonchev–Trinajstić information content (AvgIpc) is 2.75. The molecule has 1 aliphatic rings. The van der Waals surface area contributed by atoms with Gasteiger partial charge in [0.15, 0.2) is 17.8 Å². The first-order chi connectivity index (χ1) is 7.69. The van der Waals surface area contributed by atoms with Gasteiger partial charge in [-0.05, 0) is 6.07 Å². The molecule has 2 rings (SSSR count). The first kappa shape index (κ1) is 11.2. The molecule has 0 saturated heterocycles. The second-order valence-electron chi connectivity index (χ2n) is 3.33. The number of fused-ring (bicyclic) bond motifs is 1. The maximum Gasteiger partial charge on any atom is 0.231 e. The van der Waals surface area contributed by atoms with Crippen LogP contribution in [0.4, 0.5) is 0 Å². The molecule has 1 aromatic carbocycles. The molecule has 1 atom stereocenters. The van der Waals surface area contributed by atoms with Crippen molar-refractivity contribution < 1.29 is 19.4 Å². The number of carbonyl (C=O) groups excluding carboxylic acids is 1. The van der Waals surface area contributed by atoms with E-state index in [9.17, 15) is 4.79 Å². The summed E-state index contributed by atoms with van der Waals surface area (Å²) in [4.78, 5) is 10.8. The lowest BCUT2D eigenvalue weighted by Gasteiger charge is -2.13. The van der Waals surface area contributed by atoms with Crippen molar-refractivity contribution in [2.45, 2.75) is 6.04 Å². The topological polar surface area (TPSA) is 81.8 Å². The maximum absolute atomic E-state index is 10.8. The highest BCUT2D eigenvalue weighted by atomic mass is 35.5. The average molecular weight is 244 g/mol. The second-order valence-corrected chi connectivity index (χ2v) is 3.74. The fraction of sp³-hybridized carbons (Fsp3) is 0.300. The zero-order valence-corrected chi connectivity index (χ0v) is 9.03. The van der Waals surface area contributed by atoms with E-state index in [-0.39, 0.29) is 24.0 Å². The van der Waals surface area contributed by atoms with E-state index >= 15 is 0 Å². The monoisotopic (exact) mass is 243 g/mol. The van der Waals surface area contributed by atoms with E-state index in [1.54, 1.807) is 0 Å². The summed E-state index contributed by atoms with van der Waals surface area (Å²) >= 11 is 5.91. The first-order valence-electron chi connectivity index (χ1n) is 4.62. The zero-order chi connectivity index (χ0) is 11.7. The van der Waals surface area contributed by atoms with Crippen LogP contribution in [0.1, 0.15) is 22.0 Å². The Balaban J connectivity index is 2.61. The molecule has 6 heteroatoms. The van der Waals surface area contributed by atoms with Gasteiger partial charge in [-0.15, -0.1) is 0 Å². The van der Waals surface area contributed by atoms with E-state index in [0.717, 1.165) is 0 Å². The highest BCUT2D eigenvalue weighted by molar-refractivity contribution is 6.33. The van der Waals surface area contributed by atoms with E-state index in [0.29, 0.717) is 23.3 Å². The largest absolute Gasteiger partial charge is 0.453 e. The summed E-state index contributed by atoms with van der Waals surface area (Å²) < 4.78 is 10.4. The number of aliphatic hydroxyl groups is 1. The zero-order valence-electron chi connectivity index (χ0n) is 8.27. The molecule has 5 nitrogen and oxygen atoms in total. The Kier molecular flexibility index (Phi) is 3.00. The molecule has 0 aliphatic carbocycles. The summed E-state index contributed by atoms with van der Waals surface area (Å²) in [5, 5.41) is 9.24. The predicted octanol–water partition coefficient (Wildman–Crippen LogP) is 0.873. The Morgan fingerprint density at radius 2 is 2.25 bits per heavy atom. The minimum absolute atomic E-state index is 0.0155. The summed E-state index contributed by atoms with van der Waals surface area (Å²) in [6.07, 6.45) is 0.601. The van der Waals surface area contributed by atoms with Gasteiger partial charge in [0.1, 0.15) is 0 Å². The van der Waals surface area contributed by atoms with E-state index < -0.39 is 6.04 Å². The normalized spacial score (nSPS) is 14.9. The second kappa shape index (κ2) is 4.29. The summed E-state index contributed by atoms with van der Waals surface area (Å²) in [5.74, 6) is 0.675. The Morgan fingerprint density at radius 3 is 2.88 bits per heavy atom. The highest BCUT2D eigenvalue weighted by Gasteiger charge is 2.26. The fourth-order valence-corrected chi connectivity index (χ4v) is 1.81. The van der Waals surface area contributed by atoms with Crippen molar-refractivity contribution in [1.82, 2.24) is 0 Å². The van der Waals surface area contributed by atoms with Crippen molar-refractivity contribution in [1.29, 1.82) is 0 Å². The van der Waals surface area contributed by atoms with Crippen LogP contribution in [0.25, 0.3) is 0 Å². The van der Waals surface area contributed by atoms with Crippen LogP contribution < -0.4 is 15.2 Å². The molecule has 1 aromatic rings. The molecule has 86 valence electrons. The van der Waals surface area contributed by atoms with Crippen molar-refractivity contribution in [3.63, 3.8) is 0 Å². The Hall–Kier alpha value is -1.30. The van der Waals surface area contributed by atoms with E-state index in [4.69, 9.17) is 31.9 Å². The number of hydrogen-bond acceptors (Lipinski definition) is 5. The van der Waals surface area contributed by atoms with Gasteiger partial charge >= 0.3 is 0 Å². The molecule has 0 saturated carbocycles. The minimum atomic E-state index is -0.617. The van der Waals surface area contributed by atoms with Gasteiger partial charge in [-0.2, -0.15) is 0 Å². The summed E-state index contributed by atoms with van der Waals surface area (Å²) in [5.41, 5.74) is 6.47. The van der Waals surface area contributed by atoms with Crippen molar-refractivity contribution >= 4 is 17.9 Å². The van der Waals surface area contributed by atoms with Crippen molar-refractivity contribution in [2.75, 3.05) is 13.4 Å². The molecule has 0 spiro atoms. The summed E-state index contributed by atoms with van der Waals surface area (Å²) in [6, 6.07) is 0.897. The molecule has 1 unspecified atom stereocenters. The summed E-state index contributed by atoms with van der Waals surface area (Å²) in [6.45, 7) is -0.228.